The maximum atomic E-state index is 11.5. The van der Waals surface area contributed by atoms with E-state index in [9.17, 15) is 9.90 Å². The molecule has 4 nitrogen and oxygen atoms in total. The Balaban J connectivity index is 2.34. The molecule has 0 amide bonds. The predicted molar refractivity (Wildman–Crippen MR) is 62.4 cm³/mol. The number of benzene rings is 1. The summed E-state index contributed by atoms with van der Waals surface area (Å²) in [6, 6.07) is 7.27. The Morgan fingerprint density at radius 1 is 1.29 bits per heavy atom. The first-order valence-electron chi connectivity index (χ1n) is 5.65. The highest BCUT2D eigenvalue weighted by molar-refractivity contribution is 5.81. The lowest BCUT2D eigenvalue weighted by Crippen LogP contribution is -2.41. The van der Waals surface area contributed by atoms with Crippen LogP contribution in [0.5, 0.6) is 5.75 Å². The fourth-order valence-electron chi connectivity index (χ4n) is 2.26. The average molecular weight is 236 g/mol. The van der Waals surface area contributed by atoms with Gasteiger partial charge in [0.15, 0.2) is 0 Å². The van der Waals surface area contributed by atoms with Crippen LogP contribution in [0.1, 0.15) is 18.4 Å². The van der Waals surface area contributed by atoms with Gasteiger partial charge in [-0.3, -0.25) is 4.79 Å². The van der Waals surface area contributed by atoms with E-state index in [1.165, 1.54) is 0 Å². The third-order valence-electron chi connectivity index (χ3n) is 3.40. The van der Waals surface area contributed by atoms with Crippen molar-refractivity contribution in [1.29, 1.82) is 0 Å². The molecule has 0 aromatic heterocycles. The highest BCUT2D eigenvalue weighted by Crippen LogP contribution is 2.35. The fourth-order valence-corrected chi connectivity index (χ4v) is 2.26. The topological polar surface area (TPSA) is 55.8 Å². The maximum absolute atomic E-state index is 11.5. The lowest BCUT2D eigenvalue weighted by molar-refractivity contribution is -0.147. The molecule has 1 aromatic rings. The Kier molecular flexibility index (Phi) is 3.33. The van der Waals surface area contributed by atoms with Gasteiger partial charge in [-0.05, 0) is 30.5 Å². The van der Waals surface area contributed by atoms with Gasteiger partial charge in [-0.15, -0.1) is 0 Å². The molecule has 0 radical (unpaired) electrons. The second kappa shape index (κ2) is 4.75. The average Bonchev–Trinajstić information content (AvgIpc) is 2.39. The van der Waals surface area contributed by atoms with Gasteiger partial charge in [0, 0.05) is 13.2 Å². The van der Waals surface area contributed by atoms with Crippen LogP contribution in [-0.2, 0) is 14.9 Å². The molecule has 1 N–H and O–H groups in total. The zero-order valence-electron chi connectivity index (χ0n) is 9.81. The van der Waals surface area contributed by atoms with Crippen LogP contribution in [0.3, 0.4) is 0 Å². The van der Waals surface area contributed by atoms with Crippen molar-refractivity contribution in [3.63, 3.8) is 0 Å². The zero-order chi connectivity index (χ0) is 12.3. The van der Waals surface area contributed by atoms with Crippen molar-refractivity contribution < 1.29 is 19.4 Å². The van der Waals surface area contributed by atoms with Gasteiger partial charge in [0.25, 0.3) is 0 Å². The summed E-state index contributed by atoms with van der Waals surface area (Å²) in [5, 5.41) is 9.48. The van der Waals surface area contributed by atoms with E-state index in [1.807, 2.05) is 12.1 Å². The van der Waals surface area contributed by atoms with Gasteiger partial charge in [0.2, 0.25) is 0 Å². The van der Waals surface area contributed by atoms with Gasteiger partial charge < -0.3 is 14.6 Å². The molecule has 1 heterocycles. The minimum absolute atomic E-state index is 0.498. The molecule has 0 unspecified atom stereocenters. The molecule has 0 bridgehead atoms. The molecule has 2 rings (SSSR count). The molecule has 1 fully saturated rings. The van der Waals surface area contributed by atoms with Crippen LogP contribution < -0.4 is 4.74 Å². The Bertz CT molecular complexity index is 390. The minimum Gasteiger partial charge on any atom is -0.497 e. The van der Waals surface area contributed by atoms with E-state index in [2.05, 4.69) is 0 Å². The summed E-state index contributed by atoms with van der Waals surface area (Å²) in [5.41, 5.74) is 0.0268. The minimum atomic E-state index is -0.801. The van der Waals surface area contributed by atoms with Gasteiger partial charge in [0.05, 0.1) is 12.5 Å². The van der Waals surface area contributed by atoms with Crippen molar-refractivity contribution >= 4 is 5.97 Å². The summed E-state index contributed by atoms with van der Waals surface area (Å²) < 4.78 is 10.3. The molecule has 4 heteroatoms. The molecular formula is C13H16O4. The van der Waals surface area contributed by atoms with E-state index in [-0.39, 0.29) is 0 Å². The van der Waals surface area contributed by atoms with Crippen molar-refractivity contribution in [3.8, 4) is 5.75 Å². The van der Waals surface area contributed by atoms with Crippen molar-refractivity contribution in [3.05, 3.63) is 29.8 Å². The van der Waals surface area contributed by atoms with E-state index >= 15 is 0 Å². The van der Waals surface area contributed by atoms with Crippen LogP contribution in [0, 0.1) is 0 Å². The summed E-state index contributed by atoms with van der Waals surface area (Å²) in [5.74, 6) is -0.0349. The van der Waals surface area contributed by atoms with Crippen molar-refractivity contribution in [2.24, 2.45) is 0 Å². The molecule has 17 heavy (non-hydrogen) atoms. The number of carboxylic acid groups (broad SMARTS) is 1. The van der Waals surface area contributed by atoms with E-state index in [1.54, 1.807) is 19.2 Å². The number of ether oxygens (including phenoxy) is 2. The highest BCUT2D eigenvalue weighted by atomic mass is 16.5. The number of rotatable bonds is 3. The summed E-state index contributed by atoms with van der Waals surface area (Å²) in [6.45, 7) is 0.997. The third-order valence-corrected chi connectivity index (χ3v) is 3.40. The van der Waals surface area contributed by atoms with Crippen molar-refractivity contribution in [2.75, 3.05) is 20.3 Å². The van der Waals surface area contributed by atoms with Gasteiger partial charge in [0.1, 0.15) is 5.75 Å². The van der Waals surface area contributed by atoms with E-state index in [4.69, 9.17) is 9.47 Å². The predicted octanol–water partition coefficient (Wildman–Crippen LogP) is 1.83. The lowest BCUT2D eigenvalue weighted by atomic mass is 9.74. The van der Waals surface area contributed by atoms with Gasteiger partial charge >= 0.3 is 5.97 Å². The number of methoxy groups -OCH3 is 1. The second-order valence-corrected chi connectivity index (χ2v) is 4.23. The molecular weight excluding hydrogens is 220 g/mol. The Hall–Kier alpha value is -1.55. The first kappa shape index (κ1) is 11.9. The van der Waals surface area contributed by atoms with E-state index in [0.717, 1.165) is 11.3 Å². The lowest BCUT2D eigenvalue weighted by Gasteiger charge is -2.33. The van der Waals surface area contributed by atoms with Crippen molar-refractivity contribution in [2.45, 2.75) is 18.3 Å². The first-order chi connectivity index (χ1) is 8.19. The van der Waals surface area contributed by atoms with Gasteiger partial charge in [-0.1, -0.05) is 12.1 Å². The summed E-state index contributed by atoms with van der Waals surface area (Å²) in [6.07, 6.45) is 1.04. The first-order valence-corrected chi connectivity index (χ1v) is 5.65. The summed E-state index contributed by atoms with van der Waals surface area (Å²) in [4.78, 5) is 11.5. The normalized spacial score (nSPS) is 18.6. The van der Waals surface area contributed by atoms with Gasteiger partial charge in [-0.25, -0.2) is 0 Å². The van der Waals surface area contributed by atoms with Crippen LogP contribution in [0.2, 0.25) is 0 Å². The fraction of sp³-hybridized carbons (Fsp3) is 0.462. The molecule has 1 aliphatic rings. The zero-order valence-corrected chi connectivity index (χ0v) is 9.81. The molecule has 0 spiro atoms. The van der Waals surface area contributed by atoms with Crippen LogP contribution in [0.15, 0.2) is 24.3 Å². The molecule has 1 aliphatic heterocycles. The maximum Gasteiger partial charge on any atom is 0.314 e. The Labute approximate surface area is 100 Å². The van der Waals surface area contributed by atoms with Gasteiger partial charge in [-0.2, -0.15) is 0 Å². The number of carboxylic acids is 1. The van der Waals surface area contributed by atoms with Crippen LogP contribution in [-0.4, -0.2) is 31.4 Å². The Morgan fingerprint density at radius 3 is 2.35 bits per heavy atom. The molecule has 1 saturated heterocycles. The third kappa shape index (κ3) is 2.13. The largest absolute Gasteiger partial charge is 0.497 e. The van der Waals surface area contributed by atoms with Crippen LogP contribution >= 0.6 is 0 Å². The summed E-state index contributed by atoms with van der Waals surface area (Å²) >= 11 is 0. The number of hydrogen-bond donors (Lipinski definition) is 1. The number of hydrogen-bond acceptors (Lipinski definition) is 3. The molecule has 92 valence electrons. The quantitative estimate of drug-likeness (QED) is 0.869. The standard InChI is InChI=1S/C13H16O4/c1-16-11-4-2-10(3-5-11)13(12(14)15)6-8-17-9-7-13/h2-5H,6-9H2,1H3,(H,14,15). The number of carbonyl (C=O) groups is 1. The van der Waals surface area contributed by atoms with E-state index < -0.39 is 11.4 Å². The molecule has 1 aromatic carbocycles. The Morgan fingerprint density at radius 2 is 1.88 bits per heavy atom. The van der Waals surface area contributed by atoms with Crippen LogP contribution in [0.4, 0.5) is 0 Å². The summed E-state index contributed by atoms with van der Waals surface area (Å²) in [7, 11) is 1.59. The monoisotopic (exact) mass is 236 g/mol. The van der Waals surface area contributed by atoms with Crippen LogP contribution in [0.25, 0.3) is 0 Å². The second-order valence-electron chi connectivity index (χ2n) is 4.23. The highest BCUT2D eigenvalue weighted by Gasteiger charge is 2.41. The molecule has 0 atom stereocenters. The number of aliphatic carboxylic acids is 1. The van der Waals surface area contributed by atoms with Crippen molar-refractivity contribution in [1.82, 2.24) is 0 Å². The smallest absolute Gasteiger partial charge is 0.314 e. The van der Waals surface area contributed by atoms with E-state index in [0.29, 0.717) is 26.1 Å². The molecule has 0 aliphatic carbocycles. The SMILES string of the molecule is COc1ccc(C2(C(=O)O)CCOCC2)cc1. The molecule has 0 saturated carbocycles.